The lowest BCUT2D eigenvalue weighted by molar-refractivity contribution is -0.111. The van der Waals surface area contributed by atoms with Crippen LogP contribution in [-0.2, 0) is 4.79 Å². The predicted molar refractivity (Wildman–Crippen MR) is 87.7 cm³/mol. The molecule has 1 N–H and O–H groups in total. The highest BCUT2D eigenvalue weighted by molar-refractivity contribution is 9.10. The first-order valence-electron chi connectivity index (χ1n) is 6.36. The third-order valence-electron chi connectivity index (χ3n) is 2.92. The molecule has 0 aliphatic rings. The van der Waals surface area contributed by atoms with Gasteiger partial charge >= 0.3 is 0 Å². The molecule has 0 radical (unpaired) electrons. The van der Waals surface area contributed by atoms with Crippen molar-refractivity contribution in [1.82, 2.24) is 0 Å². The first kappa shape index (κ1) is 14.5. The Balaban J connectivity index is 2.05. The van der Waals surface area contributed by atoms with E-state index in [-0.39, 0.29) is 5.91 Å². The molecule has 102 valence electrons. The minimum Gasteiger partial charge on any atom is -0.322 e. The van der Waals surface area contributed by atoms with Crippen LogP contribution in [0.5, 0.6) is 0 Å². The van der Waals surface area contributed by atoms with E-state index in [1.54, 1.807) is 12.2 Å². The smallest absolute Gasteiger partial charge is 0.248 e. The predicted octanol–water partition coefficient (Wildman–Crippen LogP) is 4.72. The highest BCUT2D eigenvalue weighted by Gasteiger charge is 2.01. The molecule has 0 fully saturated rings. The SMILES string of the molecule is Cc1ccc(NC(=O)/C=C/c2cccc(Br)c2)c(C)c1. The molecule has 2 aromatic rings. The van der Waals surface area contributed by atoms with Gasteiger partial charge in [-0.3, -0.25) is 4.79 Å². The molecule has 20 heavy (non-hydrogen) atoms. The molecule has 0 bridgehead atoms. The molecule has 3 heteroatoms. The summed E-state index contributed by atoms with van der Waals surface area (Å²) in [4.78, 5) is 11.9. The molecular weight excluding hydrogens is 314 g/mol. The van der Waals surface area contributed by atoms with E-state index in [9.17, 15) is 4.79 Å². The molecule has 0 saturated carbocycles. The summed E-state index contributed by atoms with van der Waals surface area (Å²) in [5.74, 6) is -0.128. The van der Waals surface area contributed by atoms with E-state index in [0.717, 1.165) is 21.3 Å². The van der Waals surface area contributed by atoms with Gasteiger partial charge in [-0.05, 0) is 49.2 Å². The highest BCUT2D eigenvalue weighted by Crippen LogP contribution is 2.16. The van der Waals surface area contributed by atoms with E-state index in [4.69, 9.17) is 0 Å². The van der Waals surface area contributed by atoms with Gasteiger partial charge in [0.15, 0.2) is 0 Å². The Hall–Kier alpha value is -1.87. The van der Waals surface area contributed by atoms with Crippen molar-refractivity contribution in [1.29, 1.82) is 0 Å². The van der Waals surface area contributed by atoms with Crippen LogP contribution in [0.25, 0.3) is 6.08 Å². The summed E-state index contributed by atoms with van der Waals surface area (Å²) in [6.07, 6.45) is 3.34. The number of hydrogen-bond donors (Lipinski definition) is 1. The molecule has 0 spiro atoms. The maximum atomic E-state index is 11.9. The van der Waals surface area contributed by atoms with Gasteiger partial charge < -0.3 is 5.32 Å². The monoisotopic (exact) mass is 329 g/mol. The van der Waals surface area contributed by atoms with E-state index in [1.165, 1.54) is 5.56 Å². The zero-order valence-electron chi connectivity index (χ0n) is 11.5. The van der Waals surface area contributed by atoms with Gasteiger partial charge in [-0.1, -0.05) is 45.8 Å². The number of amides is 1. The minimum atomic E-state index is -0.128. The van der Waals surface area contributed by atoms with Crippen molar-refractivity contribution >= 4 is 33.6 Å². The Kier molecular flexibility index (Phi) is 4.74. The van der Waals surface area contributed by atoms with Crippen LogP contribution < -0.4 is 5.32 Å². The molecule has 2 aromatic carbocycles. The largest absolute Gasteiger partial charge is 0.322 e. The van der Waals surface area contributed by atoms with Crippen molar-refractivity contribution in [2.24, 2.45) is 0 Å². The number of hydrogen-bond acceptors (Lipinski definition) is 1. The Bertz CT molecular complexity index is 662. The molecule has 1 amide bonds. The van der Waals surface area contributed by atoms with Gasteiger partial charge in [-0.15, -0.1) is 0 Å². The number of rotatable bonds is 3. The number of carbonyl (C=O) groups is 1. The zero-order chi connectivity index (χ0) is 14.5. The molecule has 2 rings (SSSR count). The van der Waals surface area contributed by atoms with Gasteiger partial charge in [0.25, 0.3) is 0 Å². The second kappa shape index (κ2) is 6.53. The van der Waals surface area contributed by atoms with Crippen LogP contribution in [0.3, 0.4) is 0 Å². The second-order valence-electron chi connectivity index (χ2n) is 4.70. The van der Waals surface area contributed by atoms with Crippen molar-refractivity contribution in [3.8, 4) is 0 Å². The van der Waals surface area contributed by atoms with Crippen LogP contribution in [0.1, 0.15) is 16.7 Å². The number of halogens is 1. The van der Waals surface area contributed by atoms with Gasteiger partial charge in [0.05, 0.1) is 0 Å². The van der Waals surface area contributed by atoms with Crippen molar-refractivity contribution in [3.05, 3.63) is 69.7 Å². The normalized spacial score (nSPS) is 10.8. The fourth-order valence-corrected chi connectivity index (χ4v) is 2.33. The van der Waals surface area contributed by atoms with Gasteiger partial charge in [-0.2, -0.15) is 0 Å². The van der Waals surface area contributed by atoms with Crippen molar-refractivity contribution in [2.75, 3.05) is 5.32 Å². The average Bonchev–Trinajstić information content (AvgIpc) is 2.40. The lowest BCUT2D eigenvalue weighted by Crippen LogP contribution is -2.08. The Morgan fingerprint density at radius 1 is 1.15 bits per heavy atom. The topological polar surface area (TPSA) is 29.1 Å². The van der Waals surface area contributed by atoms with E-state index in [0.29, 0.717) is 0 Å². The summed E-state index contributed by atoms with van der Waals surface area (Å²) in [6, 6.07) is 13.8. The van der Waals surface area contributed by atoms with Crippen LogP contribution in [0.2, 0.25) is 0 Å². The minimum absolute atomic E-state index is 0.128. The van der Waals surface area contributed by atoms with Crippen LogP contribution in [0.15, 0.2) is 53.0 Å². The van der Waals surface area contributed by atoms with Gasteiger partial charge in [-0.25, -0.2) is 0 Å². The first-order valence-corrected chi connectivity index (χ1v) is 7.16. The van der Waals surface area contributed by atoms with Crippen molar-refractivity contribution < 1.29 is 4.79 Å². The molecule has 2 nitrogen and oxygen atoms in total. The fourth-order valence-electron chi connectivity index (χ4n) is 1.91. The number of anilines is 1. The van der Waals surface area contributed by atoms with E-state index < -0.39 is 0 Å². The lowest BCUT2D eigenvalue weighted by atomic mass is 10.1. The highest BCUT2D eigenvalue weighted by atomic mass is 79.9. The second-order valence-corrected chi connectivity index (χ2v) is 5.61. The lowest BCUT2D eigenvalue weighted by Gasteiger charge is -2.07. The average molecular weight is 330 g/mol. The summed E-state index contributed by atoms with van der Waals surface area (Å²) < 4.78 is 0.995. The molecule has 0 atom stereocenters. The van der Waals surface area contributed by atoms with Crippen LogP contribution in [0.4, 0.5) is 5.69 Å². The van der Waals surface area contributed by atoms with Gasteiger partial charge in [0, 0.05) is 16.2 Å². The Labute approximate surface area is 127 Å². The summed E-state index contributed by atoms with van der Waals surface area (Å²) in [5.41, 5.74) is 4.08. The third kappa shape index (κ3) is 4.07. The van der Waals surface area contributed by atoms with Gasteiger partial charge in [0.1, 0.15) is 0 Å². The quantitative estimate of drug-likeness (QED) is 0.811. The molecule has 0 aliphatic carbocycles. The standard InChI is InChI=1S/C17H16BrNO/c1-12-6-8-16(13(2)10-12)19-17(20)9-7-14-4-3-5-15(18)11-14/h3-11H,1-2H3,(H,19,20)/b9-7+. The van der Waals surface area contributed by atoms with E-state index in [2.05, 4.69) is 21.2 Å². The Morgan fingerprint density at radius 2 is 1.95 bits per heavy atom. The third-order valence-corrected chi connectivity index (χ3v) is 3.41. The van der Waals surface area contributed by atoms with Crippen LogP contribution >= 0.6 is 15.9 Å². The summed E-state index contributed by atoms with van der Waals surface area (Å²) >= 11 is 3.40. The number of nitrogens with one attached hydrogen (secondary N) is 1. The number of benzene rings is 2. The summed E-state index contributed by atoms with van der Waals surface area (Å²) in [5, 5.41) is 2.88. The summed E-state index contributed by atoms with van der Waals surface area (Å²) in [7, 11) is 0. The number of aryl methyl sites for hydroxylation is 2. The first-order chi connectivity index (χ1) is 9.54. The van der Waals surface area contributed by atoms with E-state index >= 15 is 0 Å². The van der Waals surface area contributed by atoms with Gasteiger partial charge in [0.2, 0.25) is 5.91 Å². The summed E-state index contributed by atoms with van der Waals surface area (Å²) in [6.45, 7) is 4.02. The molecular formula is C17H16BrNO. The van der Waals surface area contributed by atoms with E-state index in [1.807, 2.05) is 56.3 Å². The number of carbonyl (C=O) groups excluding carboxylic acids is 1. The maximum Gasteiger partial charge on any atom is 0.248 e. The maximum absolute atomic E-state index is 11.9. The molecule has 0 saturated heterocycles. The molecule has 0 unspecified atom stereocenters. The van der Waals surface area contributed by atoms with Crippen molar-refractivity contribution in [3.63, 3.8) is 0 Å². The van der Waals surface area contributed by atoms with Crippen LogP contribution in [-0.4, -0.2) is 5.91 Å². The van der Waals surface area contributed by atoms with Crippen molar-refractivity contribution in [2.45, 2.75) is 13.8 Å². The molecule has 0 aromatic heterocycles. The zero-order valence-corrected chi connectivity index (χ0v) is 13.1. The van der Waals surface area contributed by atoms with Crippen LogP contribution in [0, 0.1) is 13.8 Å². The fraction of sp³-hybridized carbons (Fsp3) is 0.118. The Morgan fingerprint density at radius 3 is 2.65 bits per heavy atom. The molecule has 0 heterocycles. The molecule has 0 aliphatic heterocycles.